The lowest BCUT2D eigenvalue weighted by Gasteiger charge is -2.34. The van der Waals surface area contributed by atoms with Gasteiger partial charge in [-0.25, -0.2) is 0 Å². The van der Waals surface area contributed by atoms with Gasteiger partial charge in [-0.3, -0.25) is 14.5 Å². The van der Waals surface area contributed by atoms with Crippen molar-refractivity contribution < 1.29 is 23.8 Å². The van der Waals surface area contributed by atoms with E-state index >= 15 is 0 Å². The third-order valence-corrected chi connectivity index (χ3v) is 5.61. The van der Waals surface area contributed by atoms with Gasteiger partial charge in [0, 0.05) is 39.3 Å². The van der Waals surface area contributed by atoms with Gasteiger partial charge in [0.2, 0.25) is 0 Å². The van der Waals surface area contributed by atoms with Crippen LogP contribution in [0.25, 0.3) is 5.57 Å². The van der Waals surface area contributed by atoms with Gasteiger partial charge in [-0.05, 0) is 45.0 Å². The number of methoxy groups -OCH3 is 2. The maximum Gasteiger partial charge on any atom is 0.277 e. The monoisotopic (exact) mass is 431 g/mol. The maximum atomic E-state index is 13.4. The predicted molar refractivity (Wildman–Crippen MR) is 118 cm³/mol. The van der Waals surface area contributed by atoms with Crippen molar-refractivity contribution in [2.75, 3.05) is 60.6 Å². The molecule has 0 bridgehead atoms. The Morgan fingerprint density at radius 3 is 2.26 bits per heavy atom. The van der Waals surface area contributed by atoms with Gasteiger partial charge in [0.25, 0.3) is 11.8 Å². The largest absolute Gasteiger partial charge is 0.493 e. The Bertz CT molecular complexity index is 844. The minimum Gasteiger partial charge on any atom is -0.493 e. The second kappa shape index (κ2) is 10.2. The zero-order valence-corrected chi connectivity index (χ0v) is 19.1. The van der Waals surface area contributed by atoms with Crippen LogP contribution in [0.2, 0.25) is 0 Å². The number of carbonyl (C=O) groups excluding carboxylic acids is 2. The average Bonchev–Trinajstić information content (AvgIpc) is 3.01. The topological polar surface area (TPSA) is 71.5 Å². The summed E-state index contributed by atoms with van der Waals surface area (Å²) in [6.45, 7) is 7.85. The van der Waals surface area contributed by atoms with Gasteiger partial charge in [0.05, 0.1) is 25.9 Å². The average molecular weight is 432 g/mol. The van der Waals surface area contributed by atoms with Crippen molar-refractivity contribution >= 4 is 17.4 Å². The molecule has 1 saturated heterocycles. The van der Waals surface area contributed by atoms with Crippen LogP contribution in [0.15, 0.2) is 23.9 Å². The van der Waals surface area contributed by atoms with E-state index in [0.29, 0.717) is 61.0 Å². The number of piperazine rings is 1. The molecule has 1 aromatic carbocycles. The van der Waals surface area contributed by atoms with Crippen molar-refractivity contribution in [1.29, 1.82) is 0 Å². The van der Waals surface area contributed by atoms with Crippen LogP contribution in [-0.4, -0.2) is 93.2 Å². The van der Waals surface area contributed by atoms with Crippen molar-refractivity contribution in [2.24, 2.45) is 0 Å². The standard InChI is InChI=1S/C23H33N3O5/c1-16(2)31-14-6-9-26-22(27)20(17-7-8-18(29-4)19(15-17)30-5)21(23(26)28)25-12-10-24(3)11-13-25/h7-8,15-16H,6,9-14H2,1-5H3. The number of amides is 2. The van der Waals surface area contributed by atoms with E-state index in [-0.39, 0.29) is 17.9 Å². The second-order valence-electron chi connectivity index (χ2n) is 8.12. The number of likely N-dealkylation sites (N-methyl/N-ethyl adjacent to an activating group) is 1. The van der Waals surface area contributed by atoms with E-state index in [1.54, 1.807) is 26.4 Å². The number of rotatable bonds is 9. The molecule has 1 fully saturated rings. The molecule has 170 valence electrons. The molecule has 1 aromatic rings. The fourth-order valence-electron chi connectivity index (χ4n) is 3.88. The van der Waals surface area contributed by atoms with Crippen LogP contribution in [0, 0.1) is 0 Å². The fraction of sp³-hybridized carbons (Fsp3) is 0.565. The van der Waals surface area contributed by atoms with Gasteiger partial charge in [0.1, 0.15) is 5.70 Å². The quantitative estimate of drug-likeness (QED) is 0.436. The molecule has 2 aliphatic heterocycles. The molecule has 0 N–H and O–H groups in total. The molecule has 0 radical (unpaired) electrons. The summed E-state index contributed by atoms with van der Waals surface area (Å²) in [5, 5.41) is 0. The number of nitrogens with zero attached hydrogens (tertiary/aromatic N) is 3. The second-order valence-corrected chi connectivity index (χ2v) is 8.12. The van der Waals surface area contributed by atoms with Gasteiger partial charge in [-0.1, -0.05) is 6.07 Å². The van der Waals surface area contributed by atoms with Gasteiger partial charge in [0.15, 0.2) is 11.5 Å². The zero-order chi connectivity index (χ0) is 22.5. The molecule has 0 atom stereocenters. The molecule has 2 heterocycles. The Hall–Kier alpha value is -2.58. The van der Waals surface area contributed by atoms with Crippen LogP contribution in [0.4, 0.5) is 0 Å². The van der Waals surface area contributed by atoms with E-state index in [2.05, 4.69) is 11.9 Å². The van der Waals surface area contributed by atoms with E-state index in [0.717, 1.165) is 13.1 Å². The molecular weight excluding hydrogens is 398 g/mol. The first-order valence-electron chi connectivity index (χ1n) is 10.7. The smallest absolute Gasteiger partial charge is 0.277 e. The van der Waals surface area contributed by atoms with Gasteiger partial charge >= 0.3 is 0 Å². The normalized spacial score (nSPS) is 17.9. The molecule has 8 nitrogen and oxygen atoms in total. The maximum absolute atomic E-state index is 13.4. The van der Waals surface area contributed by atoms with Crippen LogP contribution in [-0.2, 0) is 14.3 Å². The van der Waals surface area contributed by atoms with Crippen molar-refractivity contribution in [3.05, 3.63) is 29.5 Å². The molecule has 0 spiro atoms. The SMILES string of the molecule is COc1ccc(C2=C(N3CCN(C)CC3)C(=O)N(CCCOC(C)C)C2=O)cc1OC. The Balaban J connectivity index is 1.93. The number of hydrogen-bond acceptors (Lipinski definition) is 7. The first kappa shape index (κ1) is 23.1. The first-order valence-corrected chi connectivity index (χ1v) is 10.7. The molecule has 0 aromatic heterocycles. The summed E-state index contributed by atoms with van der Waals surface area (Å²) >= 11 is 0. The zero-order valence-electron chi connectivity index (χ0n) is 19.1. The Labute approximate surface area is 184 Å². The first-order chi connectivity index (χ1) is 14.9. The minimum atomic E-state index is -0.268. The van der Waals surface area contributed by atoms with E-state index in [4.69, 9.17) is 14.2 Å². The lowest BCUT2D eigenvalue weighted by Crippen LogP contribution is -2.46. The molecule has 2 amide bonds. The Kier molecular flexibility index (Phi) is 7.56. The van der Waals surface area contributed by atoms with Crippen molar-refractivity contribution in [1.82, 2.24) is 14.7 Å². The summed E-state index contributed by atoms with van der Waals surface area (Å²) in [7, 11) is 5.18. The summed E-state index contributed by atoms with van der Waals surface area (Å²) in [4.78, 5) is 32.4. The van der Waals surface area contributed by atoms with Crippen molar-refractivity contribution in [2.45, 2.75) is 26.4 Å². The molecule has 0 unspecified atom stereocenters. The Morgan fingerprint density at radius 1 is 0.968 bits per heavy atom. The van der Waals surface area contributed by atoms with Gasteiger partial charge in [-0.15, -0.1) is 0 Å². The predicted octanol–water partition coefficient (Wildman–Crippen LogP) is 1.85. The van der Waals surface area contributed by atoms with Crippen LogP contribution < -0.4 is 9.47 Å². The summed E-state index contributed by atoms with van der Waals surface area (Å²) < 4.78 is 16.3. The molecular formula is C23H33N3O5. The molecule has 0 saturated carbocycles. The third kappa shape index (κ3) is 5.02. The highest BCUT2D eigenvalue weighted by Crippen LogP contribution is 2.36. The molecule has 3 rings (SSSR count). The summed E-state index contributed by atoms with van der Waals surface area (Å²) in [5.74, 6) is 0.598. The highest BCUT2D eigenvalue weighted by molar-refractivity contribution is 6.35. The lowest BCUT2D eigenvalue weighted by atomic mass is 10.0. The lowest BCUT2D eigenvalue weighted by molar-refractivity contribution is -0.137. The van der Waals surface area contributed by atoms with Crippen molar-refractivity contribution in [3.8, 4) is 11.5 Å². The number of benzene rings is 1. The molecule has 31 heavy (non-hydrogen) atoms. The van der Waals surface area contributed by atoms with E-state index in [1.165, 1.54) is 4.90 Å². The number of ether oxygens (including phenoxy) is 3. The van der Waals surface area contributed by atoms with Crippen LogP contribution in [0.1, 0.15) is 25.8 Å². The fourth-order valence-corrected chi connectivity index (χ4v) is 3.88. The molecule has 2 aliphatic rings. The summed E-state index contributed by atoms with van der Waals surface area (Å²) in [6, 6.07) is 5.34. The van der Waals surface area contributed by atoms with E-state index < -0.39 is 0 Å². The number of imide groups is 1. The van der Waals surface area contributed by atoms with Crippen molar-refractivity contribution in [3.63, 3.8) is 0 Å². The molecule has 8 heteroatoms. The van der Waals surface area contributed by atoms with E-state index in [9.17, 15) is 9.59 Å². The number of hydrogen-bond donors (Lipinski definition) is 0. The van der Waals surface area contributed by atoms with Crippen LogP contribution in [0.5, 0.6) is 11.5 Å². The summed E-state index contributed by atoms with van der Waals surface area (Å²) in [5.41, 5.74) is 1.57. The van der Waals surface area contributed by atoms with Gasteiger partial charge in [-0.2, -0.15) is 0 Å². The van der Waals surface area contributed by atoms with Gasteiger partial charge < -0.3 is 24.0 Å². The Morgan fingerprint density at radius 2 is 1.65 bits per heavy atom. The van der Waals surface area contributed by atoms with Crippen LogP contribution >= 0.6 is 0 Å². The highest BCUT2D eigenvalue weighted by atomic mass is 16.5. The minimum absolute atomic E-state index is 0.117. The third-order valence-electron chi connectivity index (χ3n) is 5.61. The number of carbonyl (C=O) groups is 2. The molecule has 0 aliphatic carbocycles. The van der Waals surface area contributed by atoms with E-state index in [1.807, 2.05) is 24.8 Å². The van der Waals surface area contributed by atoms with Crippen LogP contribution in [0.3, 0.4) is 0 Å². The highest BCUT2D eigenvalue weighted by Gasteiger charge is 2.42. The summed E-state index contributed by atoms with van der Waals surface area (Å²) in [6.07, 6.45) is 0.719.